The van der Waals surface area contributed by atoms with Crippen LogP contribution in [0.3, 0.4) is 0 Å². The number of aromatic hydroxyl groups is 2. The lowest BCUT2D eigenvalue weighted by atomic mass is 9.84. The maximum absolute atomic E-state index is 11.7. The quantitative estimate of drug-likeness (QED) is 0.194. The van der Waals surface area contributed by atoms with Crippen LogP contribution in [0.5, 0.6) is 11.5 Å². The highest BCUT2D eigenvalue weighted by Crippen LogP contribution is 2.46. The molecule has 0 spiro atoms. The molecule has 388 valence electrons. The normalized spacial score (nSPS) is 35.3. The van der Waals surface area contributed by atoms with Gasteiger partial charge in [-0.15, -0.1) is 0 Å². The highest BCUT2D eigenvalue weighted by atomic mass is 16.9. The zero-order valence-corrected chi connectivity index (χ0v) is 43.7. The molecule has 0 radical (unpaired) electrons. The summed E-state index contributed by atoms with van der Waals surface area (Å²) in [6.45, 7) is 28.5. The van der Waals surface area contributed by atoms with Gasteiger partial charge in [-0.1, -0.05) is 54.4 Å². The number of rotatable bonds is 12. The number of nitrogens with zero attached hydrogens (tertiary/aromatic N) is 2. The Hall–Kier alpha value is -3.10. The molecule has 6 saturated heterocycles. The average Bonchev–Trinajstić information content (AvgIpc) is 3.96. The predicted octanol–water partition coefficient (Wildman–Crippen LogP) is 8.37. The first kappa shape index (κ1) is 51.8. The monoisotopic (exact) mass is 979 g/mol. The van der Waals surface area contributed by atoms with E-state index in [0.717, 1.165) is 47.9 Å². The van der Waals surface area contributed by atoms with Crippen molar-refractivity contribution < 1.29 is 67.1 Å². The van der Waals surface area contributed by atoms with E-state index in [2.05, 4.69) is 41.5 Å². The largest absolute Gasteiger partial charge is 0.507 e. The summed E-state index contributed by atoms with van der Waals surface area (Å²) in [6.07, 6.45) is 2.80. The molecule has 2 aromatic rings. The molecule has 2 aromatic carbocycles. The molecule has 0 bridgehead atoms. The molecule has 70 heavy (non-hydrogen) atoms. The van der Waals surface area contributed by atoms with Crippen LogP contribution in [0.15, 0.2) is 34.3 Å². The minimum absolute atomic E-state index is 0.131. The second-order valence-corrected chi connectivity index (χ2v) is 24.1. The second-order valence-electron chi connectivity index (χ2n) is 24.1. The fourth-order valence-corrected chi connectivity index (χ4v) is 11.0. The lowest BCUT2D eigenvalue weighted by Crippen LogP contribution is -2.56. The number of phenolic OH excluding ortho intramolecular Hbond substituents is 2. The molecular formula is C54H78N2O14. The second kappa shape index (κ2) is 19.0. The number of aliphatic imine (C=N–C) groups is 2. The van der Waals surface area contributed by atoms with Crippen molar-refractivity contribution in [1.29, 1.82) is 0 Å². The Kier molecular flexibility index (Phi) is 14.0. The third kappa shape index (κ3) is 11.2. The number of hydrogen-bond acceptors (Lipinski definition) is 16. The van der Waals surface area contributed by atoms with Crippen LogP contribution in [0, 0.1) is 0 Å². The summed E-state index contributed by atoms with van der Waals surface area (Å²) in [6, 6.07) is 7.61. The summed E-state index contributed by atoms with van der Waals surface area (Å²) in [5, 5.41) is 23.4. The zero-order valence-electron chi connectivity index (χ0n) is 43.7. The molecule has 9 rings (SSSR count). The van der Waals surface area contributed by atoms with E-state index in [-0.39, 0.29) is 73.0 Å². The van der Waals surface area contributed by atoms with E-state index in [4.69, 9.17) is 66.8 Å². The average molecular weight is 979 g/mol. The van der Waals surface area contributed by atoms with Gasteiger partial charge in [-0.3, -0.25) is 9.98 Å². The molecular weight excluding hydrogens is 901 g/mol. The summed E-state index contributed by atoms with van der Waals surface area (Å²) in [5.74, 6) is -2.86. The van der Waals surface area contributed by atoms with Gasteiger partial charge in [0.2, 0.25) is 0 Å². The molecule has 2 unspecified atom stereocenters. The molecule has 1 aliphatic carbocycles. The molecule has 7 aliphatic rings. The third-order valence-corrected chi connectivity index (χ3v) is 14.1. The zero-order chi connectivity index (χ0) is 50.3. The molecule has 6 heterocycles. The summed E-state index contributed by atoms with van der Waals surface area (Å²) in [5.41, 5.74) is 3.87. The molecule has 1 saturated carbocycles. The van der Waals surface area contributed by atoms with E-state index < -0.39 is 72.4 Å². The molecule has 0 aromatic heterocycles. The van der Waals surface area contributed by atoms with Crippen molar-refractivity contribution in [3.8, 4) is 11.5 Å². The minimum atomic E-state index is -0.813. The first-order valence-corrected chi connectivity index (χ1v) is 25.3. The number of ether oxygens (including phenoxy) is 12. The maximum atomic E-state index is 11.7. The van der Waals surface area contributed by atoms with Crippen molar-refractivity contribution in [3.63, 3.8) is 0 Å². The molecule has 16 nitrogen and oxygen atoms in total. The first-order chi connectivity index (χ1) is 32.6. The van der Waals surface area contributed by atoms with Crippen LogP contribution >= 0.6 is 0 Å². The fourth-order valence-electron chi connectivity index (χ4n) is 11.0. The van der Waals surface area contributed by atoms with Crippen molar-refractivity contribution in [1.82, 2.24) is 0 Å². The van der Waals surface area contributed by atoms with Crippen LogP contribution in [0.2, 0.25) is 0 Å². The van der Waals surface area contributed by atoms with E-state index in [0.29, 0.717) is 11.1 Å². The Labute approximate surface area is 414 Å². The highest BCUT2D eigenvalue weighted by molar-refractivity contribution is 5.86. The van der Waals surface area contributed by atoms with E-state index in [1.807, 2.05) is 79.7 Å². The lowest BCUT2D eigenvalue weighted by Gasteiger charge is -2.37. The van der Waals surface area contributed by atoms with Crippen molar-refractivity contribution >= 4 is 12.4 Å². The SMILES string of the molecule is CC1(C)O[C@@H]2[C@H](O1)[C@H]1OC(C)(C)OC1O[C@@H]2COCc1cc(C=N[C@@H]2CCCC[C@H]2N=Cc2cc(COC[C@H]3OC4OC(C)(C)O[C@@H]4[C@H]4OC(C)(C)O[C@H]43)cc(C(C)(C)C)c2O)c(O)c(C(C)(C)C)c1. The molecule has 6 aliphatic heterocycles. The van der Waals surface area contributed by atoms with Crippen molar-refractivity contribution in [2.24, 2.45) is 9.98 Å². The Morgan fingerprint density at radius 1 is 0.514 bits per heavy atom. The topological polar surface area (TPSA) is 176 Å². The predicted molar refractivity (Wildman–Crippen MR) is 259 cm³/mol. The van der Waals surface area contributed by atoms with Crippen LogP contribution in [0.25, 0.3) is 0 Å². The number of benzene rings is 2. The summed E-state index contributed by atoms with van der Waals surface area (Å²) >= 11 is 0. The minimum Gasteiger partial charge on any atom is -0.507 e. The van der Waals surface area contributed by atoms with Gasteiger partial charge < -0.3 is 67.1 Å². The van der Waals surface area contributed by atoms with Crippen molar-refractivity contribution in [3.05, 3.63) is 57.6 Å². The number of phenols is 2. The van der Waals surface area contributed by atoms with Crippen molar-refractivity contribution in [2.75, 3.05) is 13.2 Å². The van der Waals surface area contributed by atoms with Gasteiger partial charge in [0, 0.05) is 34.7 Å². The van der Waals surface area contributed by atoms with E-state index >= 15 is 0 Å². The maximum Gasteiger partial charge on any atom is 0.190 e. The van der Waals surface area contributed by atoms with Gasteiger partial charge in [0.1, 0.15) is 60.3 Å². The lowest BCUT2D eigenvalue weighted by molar-refractivity contribution is -0.243. The number of hydrogen-bond donors (Lipinski definition) is 2. The van der Waals surface area contributed by atoms with Crippen molar-refractivity contribution in [2.45, 2.75) is 243 Å². The Morgan fingerprint density at radius 2 is 0.857 bits per heavy atom. The summed E-state index contributed by atoms with van der Waals surface area (Å²) < 4.78 is 75.3. The summed E-state index contributed by atoms with van der Waals surface area (Å²) in [4.78, 5) is 10.2. The first-order valence-electron chi connectivity index (χ1n) is 25.3. The van der Waals surface area contributed by atoms with Gasteiger partial charge in [0.05, 0.1) is 38.5 Å². The Bertz CT molecular complexity index is 2120. The van der Waals surface area contributed by atoms with Crippen LogP contribution < -0.4 is 0 Å². The molecule has 0 amide bonds. The standard InChI is InChI=1S/C54H78N2O14/c1-49(2,3)33-21-29(25-59-27-37-41-43(65-51(7,8)63-41)45-47(61-37)69-53(11,12)67-45)19-31(39(33)57)23-55-35-17-15-16-18-36(35)56-24-32-20-30(22-34(40(32)58)50(4,5)6)26-60-28-38-42-44(66-52(9,10)64-42)46-48(62-38)70-54(13,14)68-46/h19-24,35-38,41-48,57-58H,15-18,25-28H2,1-14H3/t35-,36-,37-,38-,41+,42+,43+,44+,45-,46-,47?,48?/m1/s1. The van der Waals surface area contributed by atoms with Gasteiger partial charge >= 0.3 is 0 Å². The smallest absolute Gasteiger partial charge is 0.190 e. The highest BCUT2D eigenvalue weighted by Gasteiger charge is 2.62. The molecule has 16 heteroatoms. The van der Waals surface area contributed by atoms with Crippen LogP contribution in [0.4, 0.5) is 0 Å². The number of fused-ring (bicyclic) bond motifs is 6. The van der Waals surface area contributed by atoms with Gasteiger partial charge in [-0.2, -0.15) is 0 Å². The molecule has 12 atom stereocenters. The van der Waals surface area contributed by atoms with Crippen LogP contribution in [-0.2, 0) is 80.9 Å². The van der Waals surface area contributed by atoms with Gasteiger partial charge in [0.25, 0.3) is 0 Å². The third-order valence-electron chi connectivity index (χ3n) is 14.1. The van der Waals surface area contributed by atoms with E-state index in [1.165, 1.54) is 0 Å². The molecule has 2 N–H and O–H groups in total. The van der Waals surface area contributed by atoms with E-state index in [1.54, 1.807) is 12.4 Å². The molecule has 7 fully saturated rings. The summed E-state index contributed by atoms with van der Waals surface area (Å²) in [7, 11) is 0. The van der Waals surface area contributed by atoms with E-state index in [9.17, 15) is 10.2 Å². The van der Waals surface area contributed by atoms with Crippen LogP contribution in [-0.4, -0.2) is 132 Å². The van der Waals surface area contributed by atoms with Gasteiger partial charge in [0.15, 0.2) is 35.7 Å². The van der Waals surface area contributed by atoms with Gasteiger partial charge in [-0.05, 0) is 114 Å². The Balaban J connectivity index is 0.884. The van der Waals surface area contributed by atoms with Crippen LogP contribution in [0.1, 0.15) is 156 Å². The fraction of sp³-hybridized carbons (Fsp3) is 0.741. The Morgan fingerprint density at radius 3 is 1.23 bits per heavy atom. The van der Waals surface area contributed by atoms with Gasteiger partial charge in [-0.25, -0.2) is 0 Å².